The molecule has 2 aromatic rings. The van der Waals surface area contributed by atoms with Crippen LogP contribution < -0.4 is 67.2 Å². The second kappa shape index (κ2) is 9.53. The number of ether oxygens (including phenoxy) is 1. The fraction of sp³-hybridized carbons (Fsp3) is 0.381. The summed E-state index contributed by atoms with van der Waals surface area (Å²) in [4.78, 5) is 39.4. The number of rotatable bonds is 4. The average Bonchev–Trinajstić information content (AvgIpc) is 2.71. The van der Waals surface area contributed by atoms with E-state index in [1.807, 2.05) is 0 Å². The van der Waals surface area contributed by atoms with E-state index < -0.39 is 39.9 Å². The van der Waals surface area contributed by atoms with Gasteiger partial charge in [0.05, 0.1) is 16.7 Å². The topological polar surface area (TPSA) is 104 Å². The first-order valence-corrected chi connectivity index (χ1v) is 10.0. The summed E-state index contributed by atoms with van der Waals surface area (Å²) in [5.41, 5.74) is -2.22. The zero-order valence-electron chi connectivity index (χ0n) is 17.9. The summed E-state index contributed by atoms with van der Waals surface area (Å²) in [7, 11) is 3.15. The van der Waals surface area contributed by atoms with Crippen molar-refractivity contribution in [3.63, 3.8) is 0 Å². The molecule has 1 aliphatic carbocycles. The van der Waals surface area contributed by atoms with Crippen LogP contribution in [0.5, 0.6) is 5.75 Å². The first kappa shape index (κ1) is 25.4. The Kier molecular flexibility index (Phi) is 7.55. The van der Waals surface area contributed by atoms with E-state index in [1.165, 1.54) is 33.9 Å². The molecule has 1 spiro atoms. The van der Waals surface area contributed by atoms with Gasteiger partial charge in [0.1, 0.15) is 17.1 Å². The van der Waals surface area contributed by atoms with Crippen molar-refractivity contribution in [3.8, 4) is 5.75 Å². The van der Waals surface area contributed by atoms with E-state index in [9.17, 15) is 23.9 Å². The van der Waals surface area contributed by atoms with Gasteiger partial charge in [0.15, 0.2) is 5.43 Å². The number of aromatic nitrogens is 1. The summed E-state index contributed by atoms with van der Waals surface area (Å²) < 4.78 is 20.9. The number of methoxy groups -OCH3 is 1. The summed E-state index contributed by atoms with van der Waals surface area (Å²) in [6.45, 7) is 0.106. The molecule has 2 aliphatic rings. The molecular weight excluding hydrogens is 468 g/mol. The van der Waals surface area contributed by atoms with Gasteiger partial charge in [-0.05, 0) is 24.7 Å². The molecule has 1 aromatic carbocycles. The van der Waals surface area contributed by atoms with E-state index in [1.54, 1.807) is 14.2 Å². The maximum atomic E-state index is 14.1. The van der Waals surface area contributed by atoms with Crippen LogP contribution in [-0.4, -0.2) is 48.1 Å². The summed E-state index contributed by atoms with van der Waals surface area (Å²) in [5.74, 6) is -3.11. The number of hydrogen-bond acceptors (Lipinski definition) is 5. The third kappa shape index (κ3) is 4.18. The number of hydrogen-bond donors (Lipinski definition) is 1. The van der Waals surface area contributed by atoms with E-state index in [4.69, 9.17) is 16.3 Å². The zero-order valence-corrected chi connectivity index (χ0v) is 21.8. The third-order valence-corrected chi connectivity index (χ3v) is 6.31. The molecule has 11 heteroatoms. The van der Waals surface area contributed by atoms with Gasteiger partial charge >= 0.3 is 51.4 Å². The van der Waals surface area contributed by atoms with E-state index in [0.29, 0.717) is 19.4 Å². The van der Waals surface area contributed by atoms with Crippen molar-refractivity contribution < 1.29 is 75.2 Å². The fourth-order valence-corrected chi connectivity index (χ4v) is 4.53. The molecule has 1 aromatic heterocycles. The number of likely N-dealkylation sites (N-methyl/N-ethyl adjacent to an activating group) is 1. The molecule has 0 saturated heterocycles. The Morgan fingerprint density at radius 3 is 2.72 bits per heavy atom. The molecule has 1 saturated carbocycles. The van der Waals surface area contributed by atoms with Crippen molar-refractivity contribution in [2.75, 3.05) is 20.7 Å². The van der Waals surface area contributed by atoms with Crippen LogP contribution in [0.15, 0.2) is 29.2 Å². The van der Waals surface area contributed by atoms with Crippen LogP contribution >= 0.6 is 11.6 Å². The minimum atomic E-state index is -1.07. The number of carbonyl (C=O) groups excluding carboxylic acids is 2. The molecule has 0 radical (unpaired) electrons. The van der Waals surface area contributed by atoms with Crippen LogP contribution in [0.25, 0.3) is 0 Å². The Morgan fingerprint density at radius 1 is 1.38 bits per heavy atom. The molecule has 1 aliphatic heterocycles. The van der Waals surface area contributed by atoms with Crippen LogP contribution in [0.4, 0.5) is 4.39 Å². The van der Waals surface area contributed by atoms with Crippen LogP contribution in [0.2, 0.25) is 5.02 Å². The zero-order chi connectivity index (χ0) is 22.5. The Labute approximate surface area is 231 Å². The molecule has 164 valence electrons. The standard InChI is InChI=1S/C21H21ClFN3O5.K/c1-25-10-21(6-12(7-21)31-2)26-9-13(17(27)18(28)16(26)20(25)30)19(29)24-8-11-4-3-5-14(22)15(11)23;/h3-5,9,12,28H,6-8,10H2,1-2H3,(H,24,29);/q;+1/p-1. The molecule has 2 heterocycles. The van der Waals surface area contributed by atoms with Gasteiger partial charge in [0, 0.05) is 39.0 Å². The van der Waals surface area contributed by atoms with E-state index in [0.717, 1.165) is 0 Å². The summed E-state index contributed by atoms with van der Waals surface area (Å²) in [6.07, 6.45) is 2.28. The predicted octanol–water partition coefficient (Wildman–Crippen LogP) is -1.76. The molecule has 0 bridgehead atoms. The molecule has 4 rings (SSSR count). The Morgan fingerprint density at radius 2 is 2.06 bits per heavy atom. The van der Waals surface area contributed by atoms with Gasteiger partial charge in [0.2, 0.25) is 0 Å². The number of nitrogens with one attached hydrogen (secondary N) is 1. The van der Waals surface area contributed by atoms with Crippen molar-refractivity contribution in [2.24, 2.45) is 0 Å². The fourth-order valence-electron chi connectivity index (χ4n) is 4.33. The van der Waals surface area contributed by atoms with Gasteiger partial charge in [-0.25, -0.2) is 4.39 Å². The summed E-state index contributed by atoms with van der Waals surface area (Å²) >= 11 is 5.75. The molecular formula is C21H20ClFKN3O5. The van der Waals surface area contributed by atoms with Crippen molar-refractivity contribution in [2.45, 2.75) is 31.0 Å². The van der Waals surface area contributed by atoms with Crippen LogP contribution in [0.3, 0.4) is 0 Å². The SMILES string of the molecule is COC1CC2(C1)CN(C)C(=O)c1c([O-])c(=O)c(C(=O)NCc3cccc(Cl)c3F)cn12.[K+]. The molecule has 32 heavy (non-hydrogen) atoms. The van der Waals surface area contributed by atoms with Crippen LogP contribution in [-0.2, 0) is 16.8 Å². The van der Waals surface area contributed by atoms with Gasteiger partial charge < -0.3 is 24.6 Å². The molecule has 1 fully saturated rings. The molecule has 1 N–H and O–H groups in total. The summed E-state index contributed by atoms with van der Waals surface area (Å²) in [5, 5.41) is 15.1. The monoisotopic (exact) mass is 487 g/mol. The van der Waals surface area contributed by atoms with E-state index in [-0.39, 0.29) is 80.3 Å². The smallest absolute Gasteiger partial charge is 0.868 e. The van der Waals surface area contributed by atoms with Gasteiger partial charge in [-0.1, -0.05) is 23.7 Å². The molecule has 8 nitrogen and oxygen atoms in total. The predicted molar refractivity (Wildman–Crippen MR) is 108 cm³/mol. The van der Waals surface area contributed by atoms with Crippen molar-refractivity contribution in [1.29, 1.82) is 0 Å². The quantitative estimate of drug-likeness (QED) is 0.515. The van der Waals surface area contributed by atoms with Gasteiger partial charge in [-0.3, -0.25) is 14.4 Å². The van der Waals surface area contributed by atoms with Crippen LogP contribution in [0.1, 0.15) is 39.3 Å². The number of pyridine rings is 1. The Hall–Kier alpha value is -1.27. The first-order valence-electron chi connectivity index (χ1n) is 9.65. The van der Waals surface area contributed by atoms with E-state index >= 15 is 0 Å². The molecule has 0 atom stereocenters. The van der Waals surface area contributed by atoms with Crippen molar-refractivity contribution in [1.82, 2.24) is 14.8 Å². The maximum absolute atomic E-state index is 14.1. The normalized spacial score (nSPS) is 21.6. The maximum Gasteiger partial charge on any atom is 1.00 e. The molecule has 2 amide bonds. The first-order chi connectivity index (χ1) is 14.7. The second-order valence-corrected chi connectivity index (χ2v) is 8.37. The summed E-state index contributed by atoms with van der Waals surface area (Å²) in [6, 6.07) is 4.36. The minimum Gasteiger partial charge on any atom is -0.868 e. The number of halogens is 2. The number of benzene rings is 1. The van der Waals surface area contributed by atoms with E-state index in [2.05, 4.69) is 5.32 Å². The largest absolute Gasteiger partial charge is 1.00 e. The average molecular weight is 488 g/mol. The Balaban J connectivity index is 0.00000289. The minimum absolute atomic E-state index is 0. The second-order valence-electron chi connectivity index (χ2n) is 7.97. The van der Waals surface area contributed by atoms with Gasteiger partial charge in [-0.15, -0.1) is 0 Å². The van der Waals surface area contributed by atoms with Gasteiger partial charge in [0.25, 0.3) is 11.8 Å². The van der Waals surface area contributed by atoms with Crippen molar-refractivity contribution >= 4 is 23.4 Å². The van der Waals surface area contributed by atoms with Gasteiger partial charge in [-0.2, -0.15) is 0 Å². The number of amides is 2. The number of nitrogens with zero attached hydrogens (tertiary/aromatic N) is 2. The van der Waals surface area contributed by atoms with Crippen molar-refractivity contribution in [3.05, 3.63) is 62.3 Å². The molecule has 0 unspecified atom stereocenters. The van der Waals surface area contributed by atoms with Crippen LogP contribution in [0, 0.1) is 5.82 Å². The number of fused-ring (bicyclic) bond motifs is 2. The number of carbonyl (C=O) groups is 2. The Bertz CT molecular complexity index is 1150. The third-order valence-electron chi connectivity index (χ3n) is 6.02.